The lowest BCUT2D eigenvalue weighted by Crippen LogP contribution is -2.34. The molecule has 0 fully saturated rings. The summed E-state index contributed by atoms with van der Waals surface area (Å²) in [5.41, 5.74) is 1.49. The molecule has 0 heterocycles. The number of rotatable bonds is 10. The summed E-state index contributed by atoms with van der Waals surface area (Å²) in [4.78, 5) is 12.8. The maximum atomic E-state index is 12.8. The Labute approximate surface area is 160 Å². The van der Waals surface area contributed by atoms with Crippen LogP contribution in [0.15, 0.2) is 42.5 Å². The lowest BCUT2D eigenvalue weighted by Gasteiger charge is -2.21. The first kappa shape index (κ1) is 20.4. The number of unbranched alkanes of at least 4 members (excludes halogenated alkanes) is 2. The number of ether oxygens (including phenoxy) is 2. The zero-order valence-electron chi connectivity index (χ0n) is 16.1. The topological polar surface area (TPSA) is 79.8 Å². The van der Waals surface area contributed by atoms with E-state index < -0.39 is 6.04 Å². The van der Waals surface area contributed by atoms with E-state index >= 15 is 0 Å². The van der Waals surface area contributed by atoms with Crippen molar-refractivity contribution in [3.63, 3.8) is 0 Å². The van der Waals surface area contributed by atoms with E-state index in [0.717, 1.165) is 30.5 Å². The number of hydrogen-bond donors (Lipinski definition) is 3. The van der Waals surface area contributed by atoms with E-state index in [4.69, 9.17) is 9.47 Å². The quantitative estimate of drug-likeness (QED) is 0.552. The van der Waals surface area contributed by atoms with E-state index in [0.29, 0.717) is 18.0 Å². The molecule has 1 amide bonds. The molecule has 0 aliphatic heterocycles. The fourth-order valence-corrected chi connectivity index (χ4v) is 2.75. The molecule has 6 heteroatoms. The standard InChI is InChI=1S/C21H28N2O4/c1-4-5-6-13-22-21(25)20(15-7-10-17(24)11-8-15)23-16-9-12-18(26-2)19(14-16)27-3/h7-12,14,20,23-24H,4-6,13H2,1-3H3,(H,22,25). The minimum atomic E-state index is -0.592. The van der Waals surface area contributed by atoms with Gasteiger partial charge >= 0.3 is 0 Å². The highest BCUT2D eigenvalue weighted by molar-refractivity contribution is 5.86. The van der Waals surface area contributed by atoms with Gasteiger partial charge < -0.3 is 25.2 Å². The maximum absolute atomic E-state index is 12.8. The highest BCUT2D eigenvalue weighted by Gasteiger charge is 2.21. The fraction of sp³-hybridized carbons (Fsp3) is 0.381. The second-order valence-corrected chi connectivity index (χ2v) is 6.24. The summed E-state index contributed by atoms with van der Waals surface area (Å²) >= 11 is 0. The normalized spacial score (nSPS) is 11.5. The van der Waals surface area contributed by atoms with E-state index in [1.807, 2.05) is 6.07 Å². The number of hydrogen-bond acceptors (Lipinski definition) is 5. The van der Waals surface area contributed by atoms with Crippen LogP contribution in [0, 0.1) is 0 Å². The molecule has 0 bridgehead atoms. The average Bonchev–Trinajstić information content (AvgIpc) is 2.69. The summed E-state index contributed by atoms with van der Waals surface area (Å²) in [7, 11) is 3.15. The number of carbonyl (C=O) groups is 1. The molecule has 0 aliphatic rings. The smallest absolute Gasteiger partial charge is 0.247 e. The van der Waals surface area contributed by atoms with Gasteiger partial charge in [-0.25, -0.2) is 0 Å². The molecule has 0 spiro atoms. The first-order valence-corrected chi connectivity index (χ1v) is 9.14. The molecule has 2 aromatic rings. The molecule has 2 aromatic carbocycles. The fourth-order valence-electron chi connectivity index (χ4n) is 2.75. The number of anilines is 1. The van der Waals surface area contributed by atoms with Gasteiger partial charge in [0.25, 0.3) is 0 Å². The van der Waals surface area contributed by atoms with Gasteiger partial charge in [0, 0.05) is 18.3 Å². The zero-order chi connectivity index (χ0) is 19.6. The number of nitrogens with one attached hydrogen (secondary N) is 2. The third-order valence-electron chi connectivity index (χ3n) is 4.26. The summed E-state index contributed by atoms with van der Waals surface area (Å²) in [5, 5.41) is 15.8. The average molecular weight is 372 g/mol. The van der Waals surface area contributed by atoms with Crippen molar-refractivity contribution in [1.29, 1.82) is 0 Å². The van der Waals surface area contributed by atoms with E-state index in [-0.39, 0.29) is 11.7 Å². The highest BCUT2D eigenvalue weighted by atomic mass is 16.5. The lowest BCUT2D eigenvalue weighted by atomic mass is 10.0. The molecule has 6 nitrogen and oxygen atoms in total. The first-order chi connectivity index (χ1) is 13.1. The van der Waals surface area contributed by atoms with E-state index in [1.54, 1.807) is 50.6 Å². The van der Waals surface area contributed by atoms with Crippen molar-refractivity contribution in [2.75, 3.05) is 26.1 Å². The Balaban J connectivity index is 2.21. The highest BCUT2D eigenvalue weighted by Crippen LogP contribution is 2.31. The number of benzene rings is 2. The SMILES string of the molecule is CCCCCNC(=O)C(Nc1ccc(OC)c(OC)c1)c1ccc(O)cc1. The van der Waals surface area contributed by atoms with Crippen molar-refractivity contribution in [3.05, 3.63) is 48.0 Å². The molecule has 27 heavy (non-hydrogen) atoms. The third-order valence-corrected chi connectivity index (χ3v) is 4.26. The van der Waals surface area contributed by atoms with Gasteiger partial charge in [-0.3, -0.25) is 4.79 Å². The van der Waals surface area contributed by atoms with Crippen LogP contribution < -0.4 is 20.1 Å². The summed E-state index contributed by atoms with van der Waals surface area (Å²) in [6, 6.07) is 11.4. The predicted octanol–water partition coefficient (Wildman–Crippen LogP) is 3.87. The van der Waals surface area contributed by atoms with Crippen molar-refractivity contribution >= 4 is 11.6 Å². The second-order valence-electron chi connectivity index (χ2n) is 6.24. The van der Waals surface area contributed by atoms with E-state index in [1.165, 1.54) is 0 Å². The van der Waals surface area contributed by atoms with Crippen LogP contribution in [0.1, 0.15) is 37.8 Å². The predicted molar refractivity (Wildman–Crippen MR) is 107 cm³/mol. The lowest BCUT2D eigenvalue weighted by molar-refractivity contribution is -0.121. The molecule has 0 saturated carbocycles. The first-order valence-electron chi connectivity index (χ1n) is 9.14. The van der Waals surface area contributed by atoms with Crippen LogP contribution in [-0.2, 0) is 4.79 Å². The van der Waals surface area contributed by atoms with Gasteiger partial charge in [0.1, 0.15) is 11.8 Å². The number of methoxy groups -OCH3 is 2. The van der Waals surface area contributed by atoms with Crippen LogP contribution in [0.3, 0.4) is 0 Å². The molecule has 0 saturated heterocycles. The summed E-state index contributed by atoms with van der Waals surface area (Å²) in [6.07, 6.45) is 3.12. The molecule has 3 N–H and O–H groups in total. The van der Waals surface area contributed by atoms with Crippen molar-refractivity contribution in [3.8, 4) is 17.2 Å². The van der Waals surface area contributed by atoms with Gasteiger partial charge in [0.2, 0.25) is 5.91 Å². The minimum absolute atomic E-state index is 0.119. The number of aromatic hydroxyl groups is 1. The van der Waals surface area contributed by atoms with Gasteiger partial charge in [0.05, 0.1) is 14.2 Å². The molecule has 1 unspecified atom stereocenters. The number of phenols is 1. The van der Waals surface area contributed by atoms with Crippen molar-refractivity contribution in [2.45, 2.75) is 32.2 Å². The van der Waals surface area contributed by atoms with Crippen LogP contribution in [0.5, 0.6) is 17.2 Å². The molecule has 0 aromatic heterocycles. The number of phenolic OH excluding ortho intramolecular Hbond substituents is 1. The number of amides is 1. The molecule has 0 radical (unpaired) electrons. The molecule has 146 valence electrons. The zero-order valence-corrected chi connectivity index (χ0v) is 16.1. The Bertz CT molecular complexity index is 731. The van der Waals surface area contributed by atoms with E-state index in [9.17, 15) is 9.90 Å². The van der Waals surface area contributed by atoms with Gasteiger partial charge in [-0.1, -0.05) is 31.9 Å². The second kappa shape index (κ2) is 10.3. The van der Waals surface area contributed by atoms with E-state index in [2.05, 4.69) is 17.6 Å². The van der Waals surface area contributed by atoms with Gasteiger partial charge in [-0.15, -0.1) is 0 Å². The Hall–Kier alpha value is -2.89. The summed E-state index contributed by atoms with van der Waals surface area (Å²) < 4.78 is 10.6. The van der Waals surface area contributed by atoms with Gasteiger partial charge in [0.15, 0.2) is 11.5 Å². The van der Waals surface area contributed by atoms with Crippen LogP contribution in [0.4, 0.5) is 5.69 Å². The minimum Gasteiger partial charge on any atom is -0.508 e. The van der Waals surface area contributed by atoms with Crippen molar-refractivity contribution in [1.82, 2.24) is 5.32 Å². The summed E-state index contributed by atoms with van der Waals surface area (Å²) in [6.45, 7) is 2.76. The molecular weight excluding hydrogens is 344 g/mol. The van der Waals surface area contributed by atoms with Crippen molar-refractivity contribution < 1.29 is 19.4 Å². The van der Waals surface area contributed by atoms with Crippen LogP contribution >= 0.6 is 0 Å². The third kappa shape index (κ3) is 5.81. The summed E-state index contributed by atoms with van der Waals surface area (Å²) in [5.74, 6) is 1.24. The van der Waals surface area contributed by atoms with Gasteiger partial charge in [-0.05, 0) is 36.2 Å². The monoisotopic (exact) mass is 372 g/mol. The van der Waals surface area contributed by atoms with Crippen LogP contribution in [-0.4, -0.2) is 31.8 Å². The Kier molecular flexibility index (Phi) is 7.79. The Morgan fingerprint density at radius 3 is 2.37 bits per heavy atom. The number of carbonyl (C=O) groups excluding carboxylic acids is 1. The Morgan fingerprint density at radius 2 is 1.74 bits per heavy atom. The molecule has 2 rings (SSSR count). The molecule has 0 aliphatic carbocycles. The van der Waals surface area contributed by atoms with Crippen LogP contribution in [0.25, 0.3) is 0 Å². The largest absolute Gasteiger partial charge is 0.508 e. The molecular formula is C21H28N2O4. The van der Waals surface area contributed by atoms with Crippen molar-refractivity contribution in [2.24, 2.45) is 0 Å². The maximum Gasteiger partial charge on any atom is 0.247 e. The Morgan fingerprint density at radius 1 is 1.04 bits per heavy atom. The van der Waals surface area contributed by atoms with Crippen LogP contribution in [0.2, 0.25) is 0 Å². The van der Waals surface area contributed by atoms with Gasteiger partial charge in [-0.2, -0.15) is 0 Å². The molecule has 1 atom stereocenters.